The Morgan fingerprint density at radius 1 is 0.943 bits per heavy atom. The van der Waals surface area contributed by atoms with Crippen LogP contribution in [0, 0.1) is 5.92 Å². The van der Waals surface area contributed by atoms with Gasteiger partial charge in [-0.2, -0.15) is 13.2 Å². The van der Waals surface area contributed by atoms with Crippen LogP contribution in [0.1, 0.15) is 41.1 Å². The molecule has 3 aromatic rings. The summed E-state index contributed by atoms with van der Waals surface area (Å²) < 4.78 is 44.9. The number of carbonyl (C=O) groups is 2. The summed E-state index contributed by atoms with van der Waals surface area (Å²) in [6.45, 7) is 4.37. The Morgan fingerprint density at radius 3 is 2.31 bits per heavy atom. The van der Waals surface area contributed by atoms with Gasteiger partial charge in [-0.15, -0.1) is 0 Å². The third kappa shape index (κ3) is 7.73. The van der Waals surface area contributed by atoms with Gasteiger partial charge in [0.25, 0.3) is 5.91 Å². The van der Waals surface area contributed by atoms with Crippen molar-refractivity contribution in [1.82, 2.24) is 9.80 Å². The van der Waals surface area contributed by atoms with Gasteiger partial charge in [0.05, 0.1) is 18.4 Å². The first-order valence-corrected chi connectivity index (χ1v) is 11.4. The second-order valence-corrected chi connectivity index (χ2v) is 8.79. The van der Waals surface area contributed by atoms with Crippen molar-refractivity contribution in [2.24, 2.45) is 5.92 Å². The van der Waals surface area contributed by atoms with Crippen LogP contribution >= 0.6 is 0 Å². The fourth-order valence-electron chi connectivity index (χ4n) is 3.73. The summed E-state index contributed by atoms with van der Waals surface area (Å²) in [6, 6.07) is 17.5. The van der Waals surface area contributed by atoms with Crippen LogP contribution in [-0.4, -0.2) is 41.2 Å². The van der Waals surface area contributed by atoms with Crippen molar-refractivity contribution in [1.29, 1.82) is 0 Å². The first-order chi connectivity index (χ1) is 16.6. The largest absolute Gasteiger partial charge is 0.467 e. The summed E-state index contributed by atoms with van der Waals surface area (Å²) in [5.74, 6) is -0.302. The molecule has 0 saturated carbocycles. The van der Waals surface area contributed by atoms with Crippen molar-refractivity contribution in [2.45, 2.75) is 33.0 Å². The zero-order valence-corrected chi connectivity index (χ0v) is 19.8. The van der Waals surface area contributed by atoms with E-state index < -0.39 is 17.6 Å². The SMILES string of the molecule is CC(C)CN(CC(=O)N(CCc1ccccc1)Cc1ccco1)C(=O)c1cccc(C(F)(F)F)c1. The highest BCUT2D eigenvalue weighted by molar-refractivity contribution is 5.96. The number of hydrogen-bond donors (Lipinski definition) is 0. The second-order valence-electron chi connectivity index (χ2n) is 8.79. The number of rotatable bonds is 10. The third-order valence-corrected chi connectivity index (χ3v) is 5.43. The van der Waals surface area contributed by atoms with Gasteiger partial charge in [-0.25, -0.2) is 0 Å². The van der Waals surface area contributed by atoms with Crippen molar-refractivity contribution in [2.75, 3.05) is 19.6 Å². The van der Waals surface area contributed by atoms with E-state index in [4.69, 9.17) is 4.42 Å². The van der Waals surface area contributed by atoms with Gasteiger partial charge in [0, 0.05) is 18.7 Å². The van der Waals surface area contributed by atoms with Crippen LogP contribution in [0.15, 0.2) is 77.4 Å². The predicted octanol–water partition coefficient (Wildman–Crippen LogP) is 5.67. The molecule has 2 aromatic carbocycles. The molecule has 0 saturated heterocycles. The molecule has 0 radical (unpaired) electrons. The molecule has 186 valence electrons. The molecular formula is C27H29F3N2O3. The van der Waals surface area contributed by atoms with Gasteiger partial charge >= 0.3 is 6.18 Å². The van der Waals surface area contributed by atoms with Crippen LogP contribution in [0.3, 0.4) is 0 Å². The molecule has 5 nitrogen and oxygen atoms in total. The van der Waals surface area contributed by atoms with Crippen LogP contribution in [0.2, 0.25) is 0 Å². The fraction of sp³-hybridized carbons (Fsp3) is 0.333. The van der Waals surface area contributed by atoms with Crippen molar-refractivity contribution in [3.8, 4) is 0 Å². The number of nitrogens with zero attached hydrogens (tertiary/aromatic N) is 2. The summed E-state index contributed by atoms with van der Waals surface area (Å²) >= 11 is 0. The highest BCUT2D eigenvalue weighted by Gasteiger charge is 2.32. The molecule has 0 aliphatic carbocycles. The summed E-state index contributed by atoms with van der Waals surface area (Å²) in [5.41, 5.74) is 0.0560. The zero-order chi connectivity index (χ0) is 25.4. The molecule has 0 fully saturated rings. The molecule has 0 spiro atoms. The molecule has 8 heteroatoms. The Kier molecular flexibility index (Phi) is 8.73. The monoisotopic (exact) mass is 486 g/mol. The van der Waals surface area contributed by atoms with Gasteiger partial charge in [-0.1, -0.05) is 50.2 Å². The average molecular weight is 487 g/mol. The molecule has 2 amide bonds. The van der Waals surface area contributed by atoms with Crippen molar-refractivity contribution < 1.29 is 27.2 Å². The van der Waals surface area contributed by atoms with Gasteiger partial charge in [-0.3, -0.25) is 9.59 Å². The van der Waals surface area contributed by atoms with Crippen molar-refractivity contribution in [3.63, 3.8) is 0 Å². The normalized spacial score (nSPS) is 11.5. The van der Waals surface area contributed by atoms with E-state index in [1.165, 1.54) is 23.3 Å². The molecule has 1 aromatic heterocycles. The molecule has 3 rings (SSSR count). The zero-order valence-electron chi connectivity index (χ0n) is 19.8. The smallest absolute Gasteiger partial charge is 0.416 e. The summed E-state index contributed by atoms with van der Waals surface area (Å²) in [7, 11) is 0. The lowest BCUT2D eigenvalue weighted by molar-refractivity contribution is -0.137. The molecule has 0 atom stereocenters. The van der Waals surface area contributed by atoms with E-state index in [-0.39, 0.29) is 37.0 Å². The minimum atomic E-state index is -4.56. The lowest BCUT2D eigenvalue weighted by Gasteiger charge is -2.28. The Hall–Kier alpha value is -3.55. The van der Waals surface area contributed by atoms with Gasteiger partial charge in [0.15, 0.2) is 0 Å². The van der Waals surface area contributed by atoms with Crippen molar-refractivity contribution >= 4 is 11.8 Å². The standard InChI is InChI=1S/C27H29F3N2O3/c1-20(2)17-32(26(34)22-10-6-11-23(16-22)27(28,29)30)19-25(33)31(18-24-12-7-15-35-24)14-13-21-8-4-3-5-9-21/h3-12,15-16,20H,13-14,17-19H2,1-2H3. The number of halogens is 3. The second kappa shape index (κ2) is 11.7. The molecule has 0 bridgehead atoms. The van der Waals surface area contributed by atoms with E-state index in [1.54, 1.807) is 17.0 Å². The maximum absolute atomic E-state index is 13.4. The molecule has 1 heterocycles. The summed E-state index contributed by atoms with van der Waals surface area (Å²) in [4.78, 5) is 29.5. The van der Waals surface area contributed by atoms with Gasteiger partial charge in [0.1, 0.15) is 12.3 Å². The van der Waals surface area contributed by atoms with E-state index in [0.717, 1.165) is 17.7 Å². The number of amides is 2. The lowest BCUT2D eigenvalue weighted by atomic mass is 10.1. The quantitative estimate of drug-likeness (QED) is 0.371. The lowest BCUT2D eigenvalue weighted by Crippen LogP contribution is -2.44. The average Bonchev–Trinajstić information content (AvgIpc) is 3.34. The van der Waals surface area contributed by atoms with Crippen molar-refractivity contribution in [3.05, 3.63) is 95.4 Å². The van der Waals surface area contributed by atoms with Gasteiger partial charge in [0.2, 0.25) is 5.91 Å². The Morgan fingerprint density at radius 2 is 1.69 bits per heavy atom. The number of hydrogen-bond acceptors (Lipinski definition) is 3. The number of benzene rings is 2. The predicted molar refractivity (Wildman–Crippen MR) is 126 cm³/mol. The molecular weight excluding hydrogens is 457 g/mol. The fourth-order valence-corrected chi connectivity index (χ4v) is 3.73. The maximum atomic E-state index is 13.4. The van der Waals surface area contributed by atoms with Crippen LogP contribution in [-0.2, 0) is 23.9 Å². The van der Waals surface area contributed by atoms with E-state index in [9.17, 15) is 22.8 Å². The Balaban J connectivity index is 1.79. The molecule has 0 aliphatic heterocycles. The number of carbonyl (C=O) groups excluding carboxylic acids is 2. The summed E-state index contributed by atoms with van der Waals surface area (Å²) in [6.07, 6.45) is -2.43. The minimum Gasteiger partial charge on any atom is -0.467 e. The highest BCUT2D eigenvalue weighted by Crippen LogP contribution is 2.29. The third-order valence-electron chi connectivity index (χ3n) is 5.43. The Bertz CT molecular complexity index is 1100. The topological polar surface area (TPSA) is 53.8 Å². The van der Waals surface area contributed by atoms with Gasteiger partial charge < -0.3 is 14.2 Å². The van der Waals surface area contributed by atoms with Crippen LogP contribution in [0.4, 0.5) is 13.2 Å². The van der Waals surface area contributed by atoms with Crippen LogP contribution in [0.5, 0.6) is 0 Å². The van der Waals surface area contributed by atoms with Gasteiger partial charge in [-0.05, 0) is 48.2 Å². The highest BCUT2D eigenvalue weighted by atomic mass is 19.4. The molecule has 35 heavy (non-hydrogen) atoms. The van der Waals surface area contributed by atoms with E-state index in [1.807, 2.05) is 44.2 Å². The van der Waals surface area contributed by atoms with E-state index in [0.29, 0.717) is 18.7 Å². The number of alkyl halides is 3. The van der Waals surface area contributed by atoms with Crippen LogP contribution in [0.25, 0.3) is 0 Å². The number of furan rings is 1. The first kappa shape index (κ1) is 26.1. The van der Waals surface area contributed by atoms with E-state index >= 15 is 0 Å². The first-order valence-electron chi connectivity index (χ1n) is 11.4. The molecule has 0 N–H and O–H groups in total. The minimum absolute atomic E-state index is 0.0143. The maximum Gasteiger partial charge on any atom is 0.416 e. The van der Waals surface area contributed by atoms with Crippen LogP contribution < -0.4 is 0 Å². The molecule has 0 unspecified atom stereocenters. The van der Waals surface area contributed by atoms with E-state index in [2.05, 4.69) is 0 Å². The summed E-state index contributed by atoms with van der Waals surface area (Å²) in [5, 5.41) is 0. The Labute approximate surface area is 203 Å². The molecule has 0 aliphatic rings.